The molecule has 15 heteroatoms. The molecular weight excluding hydrogens is 763 g/mol. The first-order chi connectivity index (χ1) is 26.8. The summed E-state index contributed by atoms with van der Waals surface area (Å²) in [6.45, 7) is 1.52. The molecule has 1 saturated heterocycles. The summed E-state index contributed by atoms with van der Waals surface area (Å²) in [5.74, 6) is -2.97. The van der Waals surface area contributed by atoms with Crippen LogP contribution in [0.25, 0.3) is 21.7 Å². The third-order valence-corrected chi connectivity index (χ3v) is 14.9. The van der Waals surface area contributed by atoms with E-state index in [-0.39, 0.29) is 48.9 Å². The van der Waals surface area contributed by atoms with Gasteiger partial charge in [0.05, 0.1) is 33.1 Å². The van der Waals surface area contributed by atoms with Gasteiger partial charge in [0.15, 0.2) is 10.9 Å². The van der Waals surface area contributed by atoms with E-state index in [0.29, 0.717) is 47.9 Å². The maximum atomic E-state index is 14.6. The number of fused-ring (bicyclic) bond motifs is 5. The van der Waals surface area contributed by atoms with E-state index in [1.54, 1.807) is 13.0 Å². The average Bonchev–Trinajstić information content (AvgIpc) is 3.97. The molecule has 8 rings (SSSR count). The molecule has 2 aliphatic carbocycles. The second-order valence-corrected chi connectivity index (χ2v) is 19.0. The summed E-state index contributed by atoms with van der Waals surface area (Å²) >= 11 is 0.659. The molecule has 0 radical (unpaired) electrons. The fourth-order valence-corrected chi connectivity index (χ4v) is 10.1. The SMILES string of the molecule is CC1(S(=O)(=O)NC(=O)[C@]23CC(=O)[C@@H]4C[C@@H](Oc5nc6cc(F)ccc6c6ccccc56)CN4C(=O)[C@@H](NC(=O)c4ccc(F)s4)CCCCC/C=C\[C@@H]2C3)CC1. The normalized spacial score (nSPS) is 27.1. The van der Waals surface area contributed by atoms with E-state index in [1.165, 1.54) is 29.2 Å². The first kappa shape index (κ1) is 38.1. The zero-order valence-corrected chi connectivity index (χ0v) is 32.4. The third kappa shape index (κ3) is 7.31. The van der Waals surface area contributed by atoms with Gasteiger partial charge in [0, 0.05) is 29.7 Å². The Kier molecular flexibility index (Phi) is 9.96. The number of hydrogen-bond acceptors (Lipinski definition) is 9. The van der Waals surface area contributed by atoms with Crippen LogP contribution in [0, 0.1) is 22.3 Å². The molecular formula is C41H42F2N4O7S2. The number of nitrogens with one attached hydrogen (secondary N) is 2. The molecule has 0 spiro atoms. The van der Waals surface area contributed by atoms with E-state index in [1.807, 2.05) is 36.4 Å². The Morgan fingerprint density at radius 2 is 1.79 bits per heavy atom. The molecule has 3 amide bonds. The van der Waals surface area contributed by atoms with E-state index in [4.69, 9.17) is 4.74 Å². The Balaban J connectivity index is 1.13. The highest BCUT2D eigenvalue weighted by Crippen LogP contribution is 2.57. The van der Waals surface area contributed by atoms with Gasteiger partial charge >= 0.3 is 0 Å². The van der Waals surface area contributed by atoms with Crippen molar-refractivity contribution >= 4 is 66.5 Å². The number of halogens is 2. The summed E-state index contributed by atoms with van der Waals surface area (Å²) in [5, 5.41) is 4.39. The monoisotopic (exact) mass is 804 g/mol. The second kappa shape index (κ2) is 14.6. The topological polar surface area (TPSA) is 152 Å². The molecule has 5 atom stereocenters. The van der Waals surface area contributed by atoms with Crippen LogP contribution in [0.2, 0.25) is 0 Å². The standard InChI is InChI=1S/C41H42F2N4O7S2/c1-40(17-18-40)56(52,53)46-39(51)41-21-24(41)9-5-3-2-4-6-12-30(44-36(49)34-15-16-35(43)55-34)38(50)47-23-26(20-32(47)33(48)22-41)54-37-29-11-8-7-10-27(29)28-14-13-25(42)19-31(28)45-37/h5,7-11,13-16,19,24,26,30,32H,2-4,6,12,17-18,20-23H2,1H3,(H,44,49)(H,46,51)/b9-5-/t24-,26-,30+,32+,41-/m1/s1. The van der Waals surface area contributed by atoms with E-state index in [0.717, 1.165) is 23.6 Å². The third-order valence-electron chi connectivity index (χ3n) is 11.9. The molecule has 2 aliphatic heterocycles. The summed E-state index contributed by atoms with van der Waals surface area (Å²) < 4.78 is 62.4. The summed E-state index contributed by atoms with van der Waals surface area (Å²) in [4.78, 5) is 62.6. The van der Waals surface area contributed by atoms with Gasteiger partial charge < -0.3 is 15.0 Å². The maximum Gasteiger partial charge on any atom is 0.262 e. The fourth-order valence-electron chi connectivity index (χ4n) is 8.10. The minimum Gasteiger partial charge on any atom is -0.472 e. The Hall–Kier alpha value is -4.76. The Morgan fingerprint density at radius 1 is 1.00 bits per heavy atom. The van der Waals surface area contributed by atoms with Crippen LogP contribution in [0.1, 0.15) is 80.8 Å². The van der Waals surface area contributed by atoms with Gasteiger partial charge in [-0.2, -0.15) is 4.39 Å². The number of benzene rings is 2. The van der Waals surface area contributed by atoms with Crippen molar-refractivity contribution in [2.45, 2.75) is 94.1 Å². The number of carbonyl (C=O) groups excluding carboxylic acids is 4. The molecule has 4 heterocycles. The second-order valence-electron chi connectivity index (χ2n) is 15.8. The molecule has 0 unspecified atom stereocenters. The first-order valence-corrected chi connectivity index (χ1v) is 21.3. The molecule has 2 aromatic carbocycles. The van der Waals surface area contributed by atoms with Crippen molar-refractivity contribution in [1.29, 1.82) is 0 Å². The van der Waals surface area contributed by atoms with Crippen LogP contribution in [-0.4, -0.2) is 71.3 Å². The number of hydrogen-bond donors (Lipinski definition) is 2. The van der Waals surface area contributed by atoms with E-state index < -0.39 is 72.8 Å². The molecule has 2 N–H and O–H groups in total. The van der Waals surface area contributed by atoms with Gasteiger partial charge in [-0.1, -0.05) is 43.2 Å². The molecule has 2 aromatic heterocycles. The van der Waals surface area contributed by atoms with Crippen molar-refractivity contribution in [1.82, 2.24) is 19.9 Å². The van der Waals surface area contributed by atoms with Gasteiger partial charge in [-0.15, -0.1) is 11.3 Å². The number of ketones is 1. The van der Waals surface area contributed by atoms with Gasteiger partial charge in [-0.05, 0) is 87.1 Å². The molecule has 294 valence electrons. The number of sulfonamides is 1. The highest BCUT2D eigenvalue weighted by Gasteiger charge is 2.62. The van der Waals surface area contributed by atoms with Crippen LogP contribution in [0.5, 0.6) is 5.88 Å². The fraction of sp³-hybridized carbons (Fsp3) is 0.439. The maximum absolute atomic E-state index is 14.6. The number of pyridine rings is 1. The smallest absolute Gasteiger partial charge is 0.262 e. The number of allylic oxidation sites excluding steroid dienone is 2. The van der Waals surface area contributed by atoms with Crippen molar-refractivity contribution < 1.29 is 41.1 Å². The minimum atomic E-state index is -3.99. The van der Waals surface area contributed by atoms with Crippen molar-refractivity contribution in [2.75, 3.05) is 6.54 Å². The summed E-state index contributed by atoms with van der Waals surface area (Å²) in [6.07, 6.45) is 6.91. The minimum absolute atomic E-state index is 0.0210. The van der Waals surface area contributed by atoms with Gasteiger partial charge in [-0.3, -0.25) is 23.9 Å². The van der Waals surface area contributed by atoms with Crippen LogP contribution in [0.15, 0.2) is 66.7 Å². The average molecular weight is 805 g/mol. The molecule has 3 fully saturated rings. The van der Waals surface area contributed by atoms with Crippen molar-refractivity contribution in [3.05, 3.63) is 82.6 Å². The number of amides is 3. The van der Waals surface area contributed by atoms with Crippen LogP contribution >= 0.6 is 11.3 Å². The van der Waals surface area contributed by atoms with Crippen molar-refractivity contribution in [3.8, 4) is 5.88 Å². The molecule has 11 nitrogen and oxygen atoms in total. The molecule has 56 heavy (non-hydrogen) atoms. The van der Waals surface area contributed by atoms with Crippen LogP contribution < -0.4 is 14.8 Å². The number of carbonyl (C=O) groups is 4. The van der Waals surface area contributed by atoms with Crippen molar-refractivity contribution in [2.24, 2.45) is 11.3 Å². The van der Waals surface area contributed by atoms with Gasteiger partial charge in [0.25, 0.3) is 5.91 Å². The van der Waals surface area contributed by atoms with Gasteiger partial charge in [0.2, 0.25) is 27.7 Å². The number of rotatable bonds is 7. The van der Waals surface area contributed by atoms with Gasteiger partial charge in [-0.25, -0.2) is 17.8 Å². The van der Waals surface area contributed by atoms with Crippen LogP contribution in [-0.2, 0) is 24.4 Å². The Labute approximate surface area is 326 Å². The lowest BCUT2D eigenvalue weighted by atomic mass is 9.91. The van der Waals surface area contributed by atoms with Gasteiger partial charge in [0.1, 0.15) is 18.0 Å². The molecule has 2 saturated carbocycles. The summed E-state index contributed by atoms with van der Waals surface area (Å²) in [7, 11) is -3.99. The number of nitrogens with zero attached hydrogens (tertiary/aromatic N) is 2. The number of ether oxygens (including phenoxy) is 1. The first-order valence-electron chi connectivity index (χ1n) is 19.0. The zero-order chi connectivity index (χ0) is 39.4. The Morgan fingerprint density at radius 3 is 2.54 bits per heavy atom. The van der Waals surface area contributed by atoms with E-state index in [2.05, 4.69) is 15.0 Å². The predicted molar refractivity (Wildman–Crippen MR) is 206 cm³/mol. The molecule has 4 aromatic rings. The largest absolute Gasteiger partial charge is 0.472 e. The lowest BCUT2D eigenvalue weighted by Gasteiger charge is -2.29. The highest BCUT2D eigenvalue weighted by atomic mass is 32.2. The molecule has 0 bridgehead atoms. The van der Waals surface area contributed by atoms with E-state index >= 15 is 0 Å². The number of aromatic nitrogens is 1. The summed E-state index contributed by atoms with van der Waals surface area (Å²) in [6, 6.07) is 12.0. The number of Topliss-reactive ketones (excluding diaryl/α,β-unsaturated/α-hetero) is 1. The molecule has 4 aliphatic rings. The number of thiophene rings is 1. The zero-order valence-electron chi connectivity index (χ0n) is 30.8. The highest BCUT2D eigenvalue weighted by molar-refractivity contribution is 7.91. The lowest BCUT2D eigenvalue weighted by Crippen LogP contribution is -2.52. The predicted octanol–water partition coefficient (Wildman–Crippen LogP) is 6.36. The quantitative estimate of drug-likeness (QED) is 0.162. The Bertz CT molecular complexity index is 2400. The van der Waals surface area contributed by atoms with Crippen LogP contribution in [0.4, 0.5) is 8.78 Å². The summed E-state index contributed by atoms with van der Waals surface area (Å²) in [5.41, 5.74) is -0.959. The van der Waals surface area contributed by atoms with Crippen LogP contribution in [0.3, 0.4) is 0 Å². The van der Waals surface area contributed by atoms with Crippen molar-refractivity contribution in [3.63, 3.8) is 0 Å². The lowest BCUT2D eigenvalue weighted by molar-refractivity contribution is -0.140. The van der Waals surface area contributed by atoms with E-state index in [9.17, 15) is 36.4 Å².